The van der Waals surface area contributed by atoms with Gasteiger partial charge in [-0.2, -0.15) is 0 Å². The van der Waals surface area contributed by atoms with Gasteiger partial charge in [0.15, 0.2) is 0 Å². The van der Waals surface area contributed by atoms with E-state index >= 15 is 0 Å². The second-order valence-corrected chi connectivity index (χ2v) is 4.40. The number of nitrogens with zero attached hydrogens (tertiary/aromatic N) is 1. The van der Waals surface area contributed by atoms with Crippen LogP contribution in [0.2, 0.25) is 0 Å². The van der Waals surface area contributed by atoms with Gasteiger partial charge in [-0.3, -0.25) is 19.3 Å². The van der Waals surface area contributed by atoms with Crippen molar-refractivity contribution in [1.82, 2.24) is 10.2 Å². The maximum absolute atomic E-state index is 11.6. The number of carbonyl (C=O) groups excluding carboxylic acids is 3. The highest BCUT2D eigenvalue weighted by atomic mass is 16.2. The lowest BCUT2D eigenvalue weighted by Gasteiger charge is -2.13. The van der Waals surface area contributed by atoms with Crippen LogP contribution in [0, 0.1) is 0 Å². The molecule has 0 radical (unpaired) electrons. The molecule has 0 bridgehead atoms. The van der Waals surface area contributed by atoms with Crippen LogP contribution in [0.4, 0.5) is 5.69 Å². The molecule has 0 atom stereocenters. The van der Waals surface area contributed by atoms with Gasteiger partial charge in [0.25, 0.3) is 11.8 Å². The summed E-state index contributed by atoms with van der Waals surface area (Å²) < 4.78 is 0. The number of amides is 3. The fraction of sp³-hybridized carbons (Fsp3) is 0.214. The monoisotopic (exact) mass is 273 g/mol. The first-order valence-electron chi connectivity index (χ1n) is 6.13. The SMILES string of the molecule is CNC(=O)c1cccc(NC2=CC(=O)N(C(C)=O)C2)c1. The minimum Gasteiger partial charge on any atom is -0.357 e. The zero-order chi connectivity index (χ0) is 14.7. The molecular formula is C14H15N3O3. The number of benzene rings is 1. The van der Waals surface area contributed by atoms with Crippen molar-refractivity contribution in [2.24, 2.45) is 0 Å². The number of hydrogen-bond donors (Lipinski definition) is 2. The molecule has 0 fully saturated rings. The Balaban J connectivity index is 2.12. The van der Waals surface area contributed by atoms with Gasteiger partial charge < -0.3 is 10.6 Å². The van der Waals surface area contributed by atoms with Gasteiger partial charge in [-0.05, 0) is 18.2 Å². The molecule has 0 spiro atoms. The first-order chi connectivity index (χ1) is 9.51. The molecule has 2 rings (SSSR count). The molecule has 3 amide bonds. The van der Waals surface area contributed by atoms with E-state index in [2.05, 4.69) is 10.6 Å². The topological polar surface area (TPSA) is 78.5 Å². The number of nitrogens with one attached hydrogen (secondary N) is 2. The third-order valence-electron chi connectivity index (χ3n) is 2.93. The molecule has 1 aromatic rings. The minimum atomic E-state index is -0.331. The molecule has 104 valence electrons. The van der Waals surface area contributed by atoms with Crippen LogP contribution in [0.5, 0.6) is 0 Å². The molecule has 6 heteroatoms. The van der Waals surface area contributed by atoms with Gasteiger partial charge in [-0.1, -0.05) is 6.07 Å². The summed E-state index contributed by atoms with van der Waals surface area (Å²) in [4.78, 5) is 35.5. The van der Waals surface area contributed by atoms with E-state index in [0.717, 1.165) is 4.90 Å². The van der Waals surface area contributed by atoms with Crippen molar-refractivity contribution in [3.05, 3.63) is 41.6 Å². The zero-order valence-electron chi connectivity index (χ0n) is 11.3. The zero-order valence-corrected chi connectivity index (χ0v) is 11.3. The lowest BCUT2D eigenvalue weighted by Crippen LogP contribution is -2.31. The minimum absolute atomic E-state index is 0.185. The fourth-order valence-corrected chi connectivity index (χ4v) is 1.93. The summed E-state index contributed by atoms with van der Waals surface area (Å²) in [5.74, 6) is -0.805. The smallest absolute Gasteiger partial charge is 0.255 e. The number of hydrogen-bond acceptors (Lipinski definition) is 4. The van der Waals surface area contributed by atoms with Gasteiger partial charge >= 0.3 is 0 Å². The van der Waals surface area contributed by atoms with Crippen molar-refractivity contribution in [1.29, 1.82) is 0 Å². The van der Waals surface area contributed by atoms with Crippen molar-refractivity contribution in [2.75, 3.05) is 18.9 Å². The Morgan fingerprint density at radius 1 is 1.30 bits per heavy atom. The Bertz CT molecular complexity index is 607. The maximum Gasteiger partial charge on any atom is 0.255 e. The van der Waals surface area contributed by atoms with Gasteiger partial charge in [0.05, 0.1) is 6.54 Å². The molecule has 1 aliphatic heterocycles. The predicted molar refractivity (Wildman–Crippen MR) is 73.9 cm³/mol. The van der Waals surface area contributed by atoms with Crippen LogP contribution in [-0.4, -0.2) is 36.2 Å². The highest BCUT2D eigenvalue weighted by Crippen LogP contribution is 2.17. The molecule has 1 heterocycles. The Morgan fingerprint density at radius 2 is 2.05 bits per heavy atom. The molecule has 0 aliphatic carbocycles. The summed E-state index contributed by atoms with van der Waals surface area (Å²) >= 11 is 0. The second-order valence-electron chi connectivity index (χ2n) is 4.40. The first-order valence-corrected chi connectivity index (χ1v) is 6.13. The van der Waals surface area contributed by atoms with E-state index in [-0.39, 0.29) is 24.3 Å². The van der Waals surface area contributed by atoms with E-state index in [0.29, 0.717) is 16.9 Å². The summed E-state index contributed by atoms with van der Waals surface area (Å²) in [6.45, 7) is 1.57. The quantitative estimate of drug-likeness (QED) is 0.851. The molecular weight excluding hydrogens is 258 g/mol. The Labute approximate surface area is 116 Å². The number of anilines is 1. The van der Waals surface area contributed by atoms with Crippen molar-refractivity contribution >= 4 is 23.4 Å². The Hall–Kier alpha value is -2.63. The van der Waals surface area contributed by atoms with Gasteiger partial charge in [0.2, 0.25) is 5.91 Å². The molecule has 2 N–H and O–H groups in total. The molecule has 1 aromatic carbocycles. The highest BCUT2D eigenvalue weighted by Gasteiger charge is 2.24. The lowest BCUT2D eigenvalue weighted by atomic mass is 10.2. The van der Waals surface area contributed by atoms with Crippen LogP contribution in [0.25, 0.3) is 0 Å². The number of carbonyl (C=O) groups is 3. The van der Waals surface area contributed by atoms with E-state index in [1.807, 2.05) is 0 Å². The van der Waals surface area contributed by atoms with E-state index in [1.165, 1.54) is 13.0 Å². The van der Waals surface area contributed by atoms with E-state index in [4.69, 9.17) is 0 Å². The van der Waals surface area contributed by atoms with Gasteiger partial charge in [0.1, 0.15) is 0 Å². The lowest BCUT2D eigenvalue weighted by molar-refractivity contribution is -0.138. The third kappa shape index (κ3) is 2.85. The summed E-state index contributed by atoms with van der Waals surface area (Å²) in [7, 11) is 1.56. The van der Waals surface area contributed by atoms with Crippen LogP contribution in [-0.2, 0) is 9.59 Å². The highest BCUT2D eigenvalue weighted by molar-refractivity contribution is 6.03. The number of imide groups is 1. The second kappa shape index (κ2) is 5.56. The van der Waals surface area contributed by atoms with Crippen LogP contribution in [0.15, 0.2) is 36.0 Å². The van der Waals surface area contributed by atoms with Crippen LogP contribution < -0.4 is 10.6 Å². The Morgan fingerprint density at radius 3 is 2.65 bits per heavy atom. The molecule has 0 saturated heterocycles. The van der Waals surface area contributed by atoms with Crippen molar-refractivity contribution in [3.63, 3.8) is 0 Å². The maximum atomic E-state index is 11.6. The van der Waals surface area contributed by atoms with Crippen molar-refractivity contribution < 1.29 is 14.4 Å². The van der Waals surface area contributed by atoms with E-state index in [9.17, 15) is 14.4 Å². The molecule has 0 unspecified atom stereocenters. The van der Waals surface area contributed by atoms with Crippen molar-refractivity contribution in [2.45, 2.75) is 6.92 Å². The van der Waals surface area contributed by atoms with Crippen molar-refractivity contribution in [3.8, 4) is 0 Å². The average molecular weight is 273 g/mol. The van der Waals surface area contributed by atoms with Crippen LogP contribution in [0.3, 0.4) is 0 Å². The largest absolute Gasteiger partial charge is 0.357 e. The summed E-state index contributed by atoms with van der Waals surface area (Å²) in [6.07, 6.45) is 1.38. The fourth-order valence-electron chi connectivity index (χ4n) is 1.93. The average Bonchev–Trinajstić information content (AvgIpc) is 2.79. The first kappa shape index (κ1) is 13.8. The summed E-state index contributed by atoms with van der Waals surface area (Å²) in [5, 5.41) is 5.58. The summed E-state index contributed by atoms with van der Waals surface area (Å²) in [6, 6.07) is 6.90. The van der Waals surface area contributed by atoms with Gasteiger partial charge in [-0.25, -0.2) is 0 Å². The standard InChI is InChI=1S/C14H15N3O3/c1-9(18)17-8-12(7-13(17)19)16-11-5-3-4-10(6-11)14(20)15-2/h3-7,16H,8H2,1-2H3,(H,15,20). The molecule has 1 aliphatic rings. The Kier molecular flexibility index (Phi) is 3.84. The molecule has 20 heavy (non-hydrogen) atoms. The molecule has 6 nitrogen and oxygen atoms in total. The van der Waals surface area contributed by atoms with Gasteiger partial charge in [0, 0.05) is 37.0 Å². The normalized spacial score (nSPS) is 14.0. The van der Waals surface area contributed by atoms with E-state index in [1.54, 1.807) is 31.3 Å². The van der Waals surface area contributed by atoms with Gasteiger partial charge in [-0.15, -0.1) is 0 Å². The summed E-state index contributed by atoms with van der Waals surface area (Å²) in [5.41, 5.74) is 1.83. The van der Waals surface area contributed by atoms with E-state index < -0.39 is 0 Å². The predicted octanol–water partition coefficient (Wildman–Crippen LogP) is 0.731. The third-order valence-corrected chi connectivity index (χ3v) is 2.93. The van der Waals surface area contributed by atoms with Crippen LogP contribution >= 0.6 is 0 Å². The molecule has 0 aromatic heterocycles. The number of rotatable bonds is 3. The molecule has 0 saturated carbocycles. The van der Waals surface area contributed by atoms with Crippen LogP contribution in [0.1, 0.15) is 17.3 Å².